The molecular weight excluding hydrogens is 226 g/mol. The minimum Gasteiger partial charge on any atom is -0.465 e. The van der Waals surface area contributed by atoms with Crippen LogP contribution in [0.5, 0.6) is 0 Å². The Balaban J connectivity index is 1.89. The maximum absolute atomic E-state index is 12.1. The summed E-state index contributed by atoms with van der Waals surface area (Å²) in [7, 11) is 0. The molecule has 3 rings (SSSR count). The molecule has 1 aromatic rings. The maximum Gasteiger partial charge on any atom is 0.312 e. The Morgan fingerprint density at radius 1 is 1.39 bits per heavy atom. The average Bonchev–Trinajstić information content (AvgIpc) is 2.79. The van der Waals surface area contributed by atoms with Crippen LogP contribution in [0, 0.1) is 17.3 Å². The zero-order valence-electron chi connectivity index (χ0n) is 10.7. The smallest absolute Gasteiger partial charge is 0.312 e. The number of carbonyl (C=O) groups is 1. The Kier molecular flexibility index (Phi) is 2.58. The fraction of sp³-hybridized carbons (Fsp3) is 0.533. The largest absolute Gasteiger partial charge is 0.465 e. The topological polar surface area (TPSA) is 52.3 Å². The molecule has 0 aromatic heterocycles. The quantitative estimate of drug-likeness (QED) is 0.643. The minimum absolute atomic E-state index is 0.00803. The van der Waals surface area contributed by atoms with Gasteiger partial charge in [0.05, 0.1) is 12.0 Å². The standard InChI is InChI=1S/C15H19NO2/c1-10-6-12-9-18-14(17)15(12,7-10)8-11-2-4-13(16)5-3-11/h2-5,10,12H,6-9,16H2,1H3. The van der Waals surface area contributed by atoms with Gasteiger partial charge in [-0.2, -0.15) is 0 Å². The van der Waals surface area contributed by atoms with Gasteiger partial charge in [0.1, 0.15) is 0 Å². The summed E-state index contributed by atoms with van der Waals surface area (Å²) in [6, 6.07) is 7.85. The van der Waals surface area contributed by atoms with Crippen molar-refractivity contribution in [3.8, 4) is 0 Å². The van der Waals surface area contributed by atoms with E-state index in [9.17, 15) is 4.79 Å². The summed E-state index contributed by atoms with van der Waals surface area (Å²) in [5.41, 5.74) is 7.38. The molecule has 1 aliphatic carbocycles. The Bertz CT molecular complexity index is 468. The predicted octanol–water partition coefficient (Wildman–Crippen LogP) is 2.40. The van der Waals surface area contributed by atoms with Gasteiger partial charge in [0, 0.05) is 11.6 Å². The van der Waals surface area contributed by atoms with Crippen LogP contribution in [0.25, 0.3) is 0 Å². The van der Waals surface area contributed by atoms with E-state index in [1.165, 1.54) is 5.56 Å². The molecule has 1 aliphatic heterocycles. The fourth-order valence-electron chi connectivity index (χ4n) is 3.67. The first kappa shape index (κ1) is 11.6. The lowest BCUT2D eigenvalue weighted by molar-refractivity contribution is -0.146. The maximum atomic E-state index is 12.1. The van der Waals surface area contributed by atoms with Gasteiger partial charge in [0.25, 0.3) is 0 Å². The van der Waals surface area contributed by atoms with Crippen molar-refractivity contribution in [3.05, 3.63) is 29.8 Å². The zero-order valence-corrected chi connectivity index (χ0v) is 10.7. The van der Waals surface area contributed by atoms with Crippen LogP contribution in [-0.2, 0) is 16.0 Å². The van der Waals surface area contributed by atoms with Crippen molar-refractivity contribution in [2.75, 3.05) is 12.3 Å². The zero-order chi connectivity index (χ0) is 12.8. The van der Waals surface area contributed by atoms with Gasteiger partial charge in [0.15, 0.2) is 0 Å². The molecule has 3 heteroatoms. The number of carbonyl (C=O) groups excluding carboxylic acids is 1. The summed E-state index contributed by atoms with van der Waals surface area (Å²) < 4.78 is 5.30. The van der Waals surface area contributed by atoms with Crippen molar-refractivity contribution in [3.63, 3.8) is 0 Å². The first-order valence-electron chi connectivity index (χ1n) is 6.62. The number of benzene rings is 1. The number of fused-ring (bicyclic) bond motifs is 1. The van der Waals surface area contributed by atoms with E-state index in [0.29, 0.717) is 18.4 Å². The lowest BCUT2D eigenvalue weighted by Crippen LogP contribution is -2.31. The van der Waals surface area contributed by atoms with Crippen LogP contribution >= 0.6 is 0 Å². The Morgan fingerprint density at radius 2 is 2.11 bits per heavy atom. The fourth-order valence-corrected chi connectivity index (χ4v) is 3.67. The van der Waals surface area contributed by atoms with Crippen LogP contribution in [0.2, 0.25) is 0 Å². The first-order chi connectivity index (χ1) is 8.60. The predicted molar refractivity (Wildman–Crippen MR) is 69.8 cm³/mol. The average molecular weight is 245 g/mol. The summed E-state index contributed by atoms with van der Waals surface area (Å²) in [5, 5.41) is 0. The van der Waals surface area contributed by atoms with Crippen LogP contribution in [0.15, 0.2) is 24.3 Å². The van der Waals surface area contributed by atoms with E-state index in [1.807, 2.05) is 24.3 Å². The third-order valence-corrected chi connectivity index (χ3v) is 4.50. The van der Waals surface area contributed by atoms with E-state index in [4.69, 9.17) is 10.5 Å². The molecule has 2 N–H and O–H groups in total. The number of hydrogen-bond donors (Lipinski definition) is 1. The molecule has 0 radical (unpaired) electrons. The summed E-state index contributed by atoms with van der Waals surface area (Å²) in [6.45, 7) is 2.84. The number of nitrogens with two attached hydrogens (primary N) is 1. The van der Waals surface area contributed by atoms with E-state index in [-0.39, 0.29) is 11.4 Å². The number of rotatable bonds is 2. The van der Waals surface area contributed by atoms with Gasteiger partial charge in [-0.3, -0.25) is 4.79 Å². The lowest BCUT2D eigenvalue weighted by atomic mass is 9.75. The van der Waals surface area contributed by atoms with Gasteiger partial charge in [0.2, 0.25) is 0 Å². The molecule has 0 bridgehead atoms. The number of ether oxygens (including phenoxy) is 1. The second kappa shape index (κ2) is 4.01. The summed E-state index contributed by atoms with van der Waals surface area (Å²) in [6.07, 6.45) is 2.86. The third-order valence-electron chi connectivity index (χ3n) is 4.50. The SMILES string of the molecule is CC1CC2COC(=O)C2(Cc2ccc(N)cc2)C1. The Hall–Kier alpha value is -1.51. The molecular formula is C15H19NO2. The van der Waals surface area contributed by atoms with Crippen molar-refractivity contribution in [2.24, 2.45) is 17.3 Å². The van der Waals surface area contributed by atoms with Gasteiger partial charge >= 0.3 is 5.97 Å². The number of hydrogen-bond acceptors (Lipinski definition) is 3. The lowest BCUT2D eigenvalue weighted by Gasteiger charge is -2.24. The second-order valence-corrected chi connectivity index (χ2v) is 5.91. The molecule has 3 nitrogen and oxygen atoms in total. The first-order valence-corrected chi connectivity index (χ1v) is 6.62. The van der Waals surface area contributed by atoms with E-state index in [1.54, 1.807) is 0 Å². The Labute approximate surface area is 107 Å². The Morgan fingerprint density at radius 3 is 2.83 bits per heavy atom. The van der Waals surface area contributed by atoms with Crippen molar-refractivity contribution in [2.45, 2.75) is 26.2 Å². The van der Waals surface area contributed by atoms with Crippen molar-refractivity contribution in [1.82, 2.24) is 0 Å². The third kappa shape index (κ3) is 1.69. The second-order valence-electron chi connectivity index (χ2n) is 5.91. The van der Waals surface area contributed by atoms with Gasteiger partial charge < -0.3 is 10.5 Å². The van der Waals surface area contributed by atoms with Crippen LogP contribution in [-0.4, -0.2) is 12.6 Å². The molecule has 1 saturated carbocycles. The summed E-state index contributed by atoms with van der Waals surface area (Å²) in [5.74, 6) is 1.03. The normalized spacial score (nSPS) is 34.4. The van der Waals surface area contributed by atoms with E-state index >= 15 is 0 Å². The van der Waals surface area contributed by atoms with E-state index in [0.717, 1.165) is 24.9 Å². The number of esters is 1. The molecule has 1 saturated heterocycles. The molecule has 3 unspecified atom stereocenters. The van der Waals surface area contributed by atoms with Crippen LogP contribution < -0.4 is 5.73 Å². The molecule has 1 aromatic carbocycles. The van der Waals surface area contributed by atoms with Gasteiger partial charge in [-0.1, -0.05) is 19.1 Å². The highest BCUT2D eigenvalue weighted by Gasteiger charge is 2.56. The molecule has 96 valence electrons. The highest BCUT2D eigenvalue weighted by atomic mass is 16.5. The molecule has 1 heterocycles. The monoisotopic (exact) mass is 245 g/mol. The van der Waals surface area contributed by atoms with E-state index < -0.39 is 0 Å². The van der Waals surface area contributed by atoms with E-state index in [2.05, 4.69) is 6.92 Å². The van der Waals surface area contributed by atoms with Gasteiger partial charge in [-0.05, 0) is 42.9 Å². The summed E-state index contributed by atoms with van der Waals surface area (Å²) >= 11 is 0. The molecule has 0 amide bonds. The van der Waals surface area contributed by atoms with Crippen LogP contribution in [0.4, 0.5) is 5.69 Å². The van der Waals surface area contributed by atoms with Crippen LogP contribution in [0.3, 0.4) is 0 Å². The van der Waals surface area contributed by atoms with Crippen molar-refractivity contribution < 1.29 is 9.53 Å². The highest BCUT2D eigenvalue weighted by Crippen LogP contribution is 2.52. The van der Waals surface area contributed by atoms with Gasteiger partial charge in [-0.15, -0.1) is 0 Å². The summed E-state index contributed by atoms with van der Waals surface area (Å²) in [4.78, 5) is 12.1. The highest BCUT2D eigenvalue weighted by molar-refractivity contribution is 5.80. The van der Waals surface area contributed by atoms with Gasteiger partial charge in [-0.25, -0.2) is 0 Å². The number of anilines is 1. The number of cyclic esters (lactones) is 1. The van der Waals surface area contributed by atoms with Crippen LogP contribution in [0.1, 0.15) is 25.3 Å². The molecule has 2 fully saturated rings. The van der Waals surface area contributed by atoms with Crippen molar-refractivity contribution in [1.29, 1.82) is 0 Å². The number of nitrogen functional groups attached to an aromatic ring is 1. The molecule has 18 heavy (non-hydrogen) atoms. The molecule has 0 spiro atoms. The molecule has 2 aliphatic rings. The van der Waals surface area contributed by atoms with Crippen molar-refractivity contribution >= 4 is 11.7 Å². The molecule has 3 atom stereocenters. The minimum atomic E-state index is -0.268.